The van der Waals surface area contributed by atoms with Crippen molar-refractivity contribution < 1.29 is 0 Å². The Kier molecular flexibility index (Phi) is 3.35. The van der Waals surface area contributed by atoms with Crippen molar-refractivity contribution in [1.82, 2.24) is 0 Å². The molecular formula is C14H19Cl. The highest BCUT2D eigenvalue weighted by Gasteiger charge is 2.35. The maximum absolute atomic E-state index is 6.56. The molecule has 0 spiro atoms. The summed E-state index contributed by atoms with van der Waals surface area (Å²) < 4.78 is 0. The molecule has 1 aliphatic rings. The summed E-state index contributed by atoms with van der Waals surface area (Å²) >= 11 is 6.56. The van der Waals surface area contributed by atoms with E-state index in [-0.39, 0.29) is 0 Å². The first-order valence-electron chi connectivity index (χ1n) is 5.89. The summed E-state index contributed by atoms with van der Waals surface area (Å²) in [7, 11) is 0. The first kappa shape index (κ1) is 11.0. The average molecular weight is 223 g/mol. The molecule has 1 saturated carbocycles. The van der Waals surface area contributed by atoms with Gasteiger partial charge in [0.2, 0.25) is 0 Å². The monoisotopic (exact) mass is 222 g/mol. The third kappa shape index (κ3) is 2.55. The van der Waals surface area contributed by atoms with E-state index in [2.05, 4.69) is 37.3 Å². The molecule has 0 aromatic heterocycles. The van der Waals surface area contributed by atoms with Crippen LogP contribution >= 0.6 is 11.6 Å². The zero-order chi connectivity index (χ0) is 10.7. The minimum absolute atomic E-state index is 0.294. The van der Waals surface area contributed by atoms with Crippen molar-refractivity contribution in [2.75, 3.05) is 0 Å². The van der Waals surface area contributed by atoms with Crippen molar-refractivity contribution >= 4 is 11.6 Å². The molecule has 0 saturated heterocycles. The molecule has 1 aromatic rings. The number of hydrogen-bond donors (Lipinski definition) is 0. The predicted octanol–water partition coefficient (Wildman–Crippen LogP) is 4.42. The molecule has 1 atom stereocenters. The maximum atomic E-state index is 6.56. The Bertz CT molecular complexity index is 298. The lowest BCUT2D eigenvalue weighted by molar-refractivity contribution is 0.316. The Labute approximate surface area is 97.6 Å². The number of halogens is 1. The molecule has 0 bridgehead atoms. The van der Waals surface area contributed by atoms with Gasteiger partial charge >= 0.3 is 0 Å². The zero-order valence-corrected chi connectivity index (χ0v) is 10.1. The van der Waals surface area contributed by atoms with Gasteiger partial charge in [-0.05, 0) is 30.2 Å². The standard InChI is InChI=1S/C14H19Cl/c1-14(9-5-6-10-14)13(15)11-12-7-3-2-4-8-12/h2-4,7-8,13H,5-6,9-11H2,1H3. The van der Waals surface area contributed by atoms with Crippen molar-refractivity contribution in [2.45, 2.75) is 44.4 Å². The normalized spacial score (nSPS) is 21.5. The maximum Gasteiger partial charge on any atom is 0.0430 e. The van der Waals surface area contributed by atoms with Gasteiger partial charge in [0.05, 0.1) is 0 Å². The molecule has 1 heteroatoms. The number of benzene rings is 1. The van der Waals surface area contributed by atoms with Gasteiger partial charge in [-0.25, -0.2) is 0 Å². The van der Waals surface area contributed by atoms with Gasteiger partial charge in [-0.1, -0.05) is 50.1 Å². The van der Waals surface area contributed by atoms with Crippen LogP contribution < -0.4 is 0 Å². The molecule has 0 radical (unpaired) electrons. The highest BCUT2D eigenvalue weighted by molar-refractivity contribution is 6.21. The van der Waals surface area contributed by atoms with E-state index in [1.807, 2.05) is 0 Å². The molecule has 1 fully saturated rings. The summed E-state index contributed by atoms with van der Waals surface area (Å²) in [6, 6.07) is 10.6. The first-order chi connectivity index (χ1) is 7.21. The van der Waals surface area contributed by atoms with Crippen LogP contribution in [-0.2, 0) is 6.42 Å². The fourth-order valence-electron chi connectivity index (χ4n) is 2.56. The van der Waals surface area contributed by atoms with E-state index >= 15 is 0 Å². The van der Waals surface area contributed by atoms with Crippen LogP contribution in [0.4, 0.5) is 0 Å². The Hall–Kier alpha value is -0.490. The van der Waals surface area contributed by atoms with Crippen molar-refractivity contribution in [3.63, 3.8) is 0 Å². The van der Waals surface area contributed by atoms with E-state index in [1.165, 1.54) is 31.2 Å². The Balaban J connectivity index is 2.00. The molecule has 1 aliphatic carbocycles. The van der Waals surface area contributed by atoms with Crippen LogP contribution in [0.3, 0.4) is 0 Å². The van der Waals surface area contributed by atoms with Gasteiger partial charge in [-0.2, -0.15) is 0 Å². The van der Waals surface area contributed by atoms with Crippen LogP contribution in [0.2, 0.25) is 0 Å². The minimum atomic E-state index is 0.294. The lowest BCUT2D eigenvalue weighted by atomic mass is 9.82. The molecule has 1 aromatic carbocycles. The van der Waals surface area contributed by atoms with Crippen LogP contribution in [0, 0.1) is 5.41 Å². The summed E-state index contributed by atoms with van der Waals surface area (Å²) in [6.07, 6.45) is 6.32. The zero-order valence-electron chi connectivity index (χ0n) is 9.38. The third-order valence-corrected chi connectivity index (χ3v) is 4.44. The van der Waals surface area contributed by atoms with E-state index in [0.29, 0.717) is 10.8 Å². The molecule has 0 nitrogen and oxygen atoms in total. The van der Waals surface area contributed by atoms with E-state index < -0.39 is 0 Å². The van der Waals surface area contributed by atoms with Gasteiger partial charge < -0.3 is 0 Å². The molecule has 0 aliphatic heterocycles. The van der Waals surface area contributed by atoms with E-state index in [4.69, 9.17) is 11.6 Å². The fraction of sp³-hybridized carbons (Fsp3) is 0.571. The lowest BCUT2D eigenvalue weighted by Gasteiger charge is -2.29. The van der Waals surface area contributed by atoms with Crippen LogP contribution in [0.15, 0.2) is 30.3 Å². The molecule has 82 valence electrons. The van der Waals surface area contributed by atoms with E-state index in [9.17, 15) is 0 Å². The van der Waals surface area contributed by atoms with Gasteiger partial charge in [0.25, 0.3) is 0 Å². The van der Waals surface area contributed by atoms with Crippen LogP contribution in [-0.4, -0.2) is 5.38 Å². The lowest BCUT2D eigenvalue weighted by Crippen LogP contribution is -2.26. The Morgan fingerprint density at radius 3 is 2.40 bits per heavy atom. The summed E-state index contributed by atoms with van der Waals surface area (Å²) in [4.78, 5) is 0. The van der Waals surface area contributed by atoms with Crippen molar-refractivity contribution in [2.24, 2.45) is 5.41 Å². The average Bonchev–Trinajstić information content (AvgIpc) is 2.68. The molecule has 15 heavy (non-hydrogen) atoms. The van der Waals surface area contributed by atoms with Crippen LogP contribution in [0.5, 0.6) is 0 Å². The van der Waals surface area contributed by atoms with Crippen molar-refractivity contribution in [3.8, 4) is 0 Å². The molecule has 0 N–H and O–H groups in total. The van der Waals surface area contributed by atoms with Gasteiger partial charge in [-0.15, -0.1) is 11.6 Å². The summed E-state index contributed by atoms with van der Waals surface area (Å²) in [5.41, 5.74) is 1.74. The van der Waals surface area contributed by atoms with Gasteiger partial charge in [0.1, 0.15) is 0 Å². The Morgan fingerprint density at radius 2 is 1.80 bits per heavy atom. The SMILES string of the molecule is CC1(C(Cl)Cc2ccccc2)CCCC1. The molecule has 0 heterocycles. The summed E-state index contributed by atoms with van der Waals surface area (Å²) in [5.74, 6) is 0. The topological polar surface area (TPSA) is 0 Å². The number of hydrogen-bond acceptors (Lipinski definition) is 0. The summed E-state index contributed by atoms with van der Waals surface area (Å²) in [5, 5.41) is 0.294. The van der Waals surface area contributed by atoms with Crippen LogP contribution in [0.1, 0.15) is 38.2 Å². The first-order valence-corrected chi connectivity index (χ1v) is 6.32. The predicted molar refractivity (Wildman–Crippen MR) is 66.4 cm³/mol. The second-order valence-corrected chi connectivity index (χ2v) is 5.55. The van der Waals surface area contributed by atoms with E-state index in [0.717, 1.165) is 6.42 Å². The Morgan fingerprint density at radius 1 is 1.20 bits per heavy atom. The third-order valence-electron chi connectivity index (χ3n) is 3.76. The fourth-order valence-corrected chi connectivity index (χ4v) is 2.96. The molecule has 2 rings (SSSR count). The minimum Gasteiger partial charge on any atom is -0.122 e. The molecular weight excluding hydrogens is 204 g/mol. The smallest absolute Gasteiger partial charge is 0.0430 e. The quantitative estimate of drug-likeness (QED) is 0.665. The van der Waals surface area contributed by atoms with Gasteiger partial charge in [-0.3, -0.25) is 0 Å². The highest BCUT2D eigenvalue weighted by Crippen LogP contribution is 2.43. The largest absolute Gasteiger partial charge is 0.122 e. The van der Waals surface area contributed by atoms with Crippen molar-refractivity contribution in [3.05, 3.63) is 35.9 Å². The summed E-state index contributed by atoms with van der Waals surface area (Å²) in [6.45, 7) is 2.35. The molecule has 1 unspecified atom stereocenters. The van der Waals surface area contributed by atoms with Crippen molar-refractivity contribution in [1.29, 1.82) is 0 Å². The molecule has 0 amide bonds. The van der Waals surface area contributed by atoms with E-state index in [1.54, 1.807) is 0 Å². The second-order valence-electron chi connectivity index (χ2n) is 5.02. The highest BCUT2D eigenvalue weighted by atomic mass is 35.5. The number of rotatable bonds is 3. The second kappa shape index (κ2) is 4.57. The number of alkyl halides is 1. The van der Waals surface area contributed by atoms with Gasteiger partial charge in [0, 0.05) is 5.38 Å². The van der Waals surface area contributed by atoms with Gasteiger partial charge in [0.15, 0.2) is 0 Å². The van der Waals surface area contributed by atoms with Crippen LogP contribution in [0.25, 0.3) is 0 Å².